The summed E-state index contributed by atoms with van der Waals surface area (Å²) in [6.07, 6.45) is 18.9. The largest absolute Gasteiger partial charge is 0.0845 e. The standard InChI is InChI=1S/C17H26/c1-4-5-6-11-14-17-15(2)12-9-7-8-10-13-16(17)3/h7,9,11-12,14H,4-6,8,10,13H2,1-3H3. The summed E-state index contributed by atoms with van der Waals surface area (Å²) in [5, 5.41) is 0. The van der Waals surface area contributed by atoms with Gasteiger partial charge in [0, 0.05) is 0 Å². The van der Waals surface area contributed by atoms with E-state index in [1.165, 1.54) is 55.2 Å². The van der Waals surface area contributed by atoms with Crippen LogP contribution in [0.4, 0.5) is 0 Å². The van der Waals surface area contributed by atoms with E-state index in [9.17, 15) is 0 Å². The minimum atomic E-state index is 1.20. The SMILES string of the molecule is CCCCC=CC1=C(C)CCCC=CC=C1C. The van der Waals surface area contributed by atoms with Gasteiger partial charge >= 0.3 is 0 Å². The summed E-state index contributed by atoms with van der Waals surface area (Å²) in [7, 11) is 0. The van der Waals surface area contributed by atoms with E-state index < -0.39 is 0 Å². The van der Waals surface area contributed by atoms with Crippen molar-refractivity contribution in [1.82, 2.24) is 0 Å². The maximum absolute atomic E-state index is 2.33. The van der Waals surface area contributed by atoms with Gasteiger partial charge < -0.3 is 0 Å². The molecule has 0 saturated heterocycles. The first-order chi connectivity index (χ1) is 8.25. The molecule has 0 amide bonds. The molecule has 17 heavy (non-hydrogen) atoms. The number of unbranched alkanes of at least 4 members (excludes halogenated alkanes) is 2. The average molecular weight is 230 g/mol. The summed E-state index contributed by atoms with van der Waals surface area (Å²) in [6, 6.07) is 0. The van der Waals surface area contributed by atoms with Crippen LogP contribution in [0.5, 0.6) is 0 Å². The Morgan fingerprint density at radius 2 is 2.12 bits per heavy atom. The van der Waals surface area contributed by atoms with Crippen molar-refractivity contribution in [3.63, 3.8) is 0 Å². The molecule has 0 N–H and O–H groups in total. The number of hydrogen-bond acceptors (Lipinski definition) is 0. The highest BCUT2D eigenvalue weighted by atomic mass is 14.1. The minimum Gasteiger partial charge on any atom is -0.0845 e. The second-order valence-electron chi connectivity index (χ2n) is 4.91. The van der Waals surface area contributed by atoms with E-state index in [0.29, 0.717) is 0 Å². The molecule has 94 valence electrons. The molecule has 1 rings (SSSR count). The van der Waals surface area contributed by atoms with E-state index in [1.807, 2.05) is 0 Å². The van der Waals surface area contributed by atoms with Crippen molar-refractivity contribution in [2.45, 2.75) is 59.3 Å². The van der Waals surface area contributed by atoms with E-state index in [4.69, 9.17) is 0 Å². The predicted octanol–water partition coefficient (Wildman–Crippen LogP) is 5.74. The van der Waals surface area contributed by atoms with E-state index in [2.05, 4.69) is 51.2 Å². The molecule has 0 saturated carbocycles. The minimum absolute atomic E-state index is 1.20. The smallest absolute Gasteiger partial charge is 0.0241 e. The maximum atomic E-state index is 2.33. The summed E-state index contributed by atoms with van der Waals surface area (Å²) < 4.78 is 0. The van der Waals surface area contributed by atoms with Gasteiger partial charge in [0.05, 0.1) is 0 Å². The van der Waals surface area contributed by atoms with Crippen molar-refractivity contribution >= 4 is 0 Å². The normalized spacial score (nSPS) is 17.9. The highest BCUT2D eigenvalue weighted by Crippen LogP contribution is 2.22. The highest BCUT2D eigenvalue weighted by Gasteiger charge is 2.02. The van der Waals surface area contributed by atoms with Crippen LogP contribution in [0.3, 0.4) is 0 Å². The molecule has 0 atom stereocenters. The van der Waals surface area contributed by atoms with Gasteiger partial charge in [-0.05, 0) is 50.7 Å². The summed E-state index contributed by atoms with van der Waals surface area (Å²) in [4.78, 5) is 0. The summed E-state index contributed by atoms with van der Waals surface area (Å²) in [6.45, 7) is 6.75. The molecule has 0 aromatic heterocycles. The van der Waals surface area contributed by atoms with Crippen LogP contribution in [0.15, 0.2) is 47.1 Å². The van der Waals surface area contributed by atoms with Gasteiger partial charge in [-0.1, -0.05) is 55.7 Å². The van der Waals surface area contributed by atoms with Gasteiger partial charge in [0.1, 0.15) is 0 Å². The lowest BCUT2D eigenvalue weighted by atomic mass is 9.98. The lowest BCUT2D eigenvalue weighted by Crippen LogP contribution is -1.88. The molecule has 0 bridgehead atoms. The molecule has 1 aliphatic rings. The van der Waals surface area contributed by atoms with Crippen LogP contribution in [0.2, 0.25) is 0 Å². The van der Waals surface area contributed by atoms with Gasteiger partial charge in [-0.3, -0.25) is 0 Å². The maximum Gasteiger partial charge on any atom is -0.0241 e. The Morgan fingerprint density at radius 3 is 2.88 bits per heavy atom. The van der Waals surface area contributed by atoms with Crippen LogP contribution in [-0.2, 0) is 0 Å². The molecule has 0 aromatic rings. The fraction of sp³-hybridized carbons (Fsp3) is 0.529. The third kappa shape index (κ3) is 5.21. The molecule has 0 nitrogen and oxygen atoms in total. The zero-order chi connectivity index (χ0) is 12.5. The Bertz CT molecular complexity index is 337. The Kier molecular flexibility index (Phi) is 6.69. The van der Waals surface area contributed by atoms with E-state index in [1.54, 1.807) is 0 Å². The first kappa shape index (κ1) is 14.0. The van der Waals surface area contributed by atoms with Crippen molar-refractivity contribution in [3.8, 4) is 0 Å². The molecule has 0 radical (unpaired) electrons. The molecule has 0 fully saturated rings. The second-order valence-corrected chi connectivity index (χ2v) is 4.91. The van der Waals surface area contributed by atoms with Crippen molar-refractivity contribution in [2.75, 3.05) is 0 Å². The van der Waals surface area contributed by atoms with Gasteiger partial charge in [-0.25, -0.2) is 0 Å². The lowest BCUT2D eigenvalue weighted by molar-refractivity contribution is 0.813. The monoisotopic (exact) mass is 230 g/mol. The van der Waals surface area contributed by atoms with E-state index in [-0.39, 0.29) is 0 Å². The Balaban J connectivity index is 2.80. The fourth-order valence-electron chi connectivity index (χ4n) is 2.15. The predicted molar refractivity (Wildman–Crippen MR) is 78.1 cm³/mol. The van der Waals surface area contributed by atoms with Crippen molar-refractivity contribution in [1.29, 1.82) is 0 Å². The molecular formula is C17H26. The van der Waals surface area contributed by atoms with Crippen LogP contribution >= 0.6 is 0 Å². The topological polar surface area (TPSA) is 0 Å². The highest BCUT2D eigenvalue weighted by molar-refractivity contribution is 5.43. The van der Waals surface area contributed by atoms with Crippen molar-refractivity contribution in [3.05, 3.63) is 47.1 Å². The van der Waals surface area contributed by atoms with Crippen LogP contribution < -0.4 is 0 Å². The number of hydrogen-bond donors (Lipinski definition) is 0. The third-order valence-corrected chi connectivity index (χ3v) is 3.30. The van der Waals surface area contributed by atoms with Gasteiger partial charge in [0.25, 0.3) is 0 Å². The first-order valence-electron chi connectivity index (χ1n) is 6.95. The molecular weight excluding hydrogens is 204 g/mol. The Labute approximate surface area is 107 Å². The van der Waals surface area contributed by atoms with Crippen LogP contribution in [0.25, 0.3) is 0 Å². The number of rotatable bonds is 4. The molecule has 0 aromatic carbocycles. The number of allylic oxidation sites excluding steroid dienone is 8. The van der Waals surface area contributed by atoms with Crippen molar-refractivity contribution < 1.29 is 0 Å². The van der Waals surface area contributed by atoms with Crippen LogP contribution in [0, 0.1) is 0 Å². The Morgan fingerprint density at radius 1 is 1.29 bits per heavy atom. The van der Waals surface area contributed by atoms with Crippen LogP contribution in [0.1, 0.15) is 59.3 Å². The summed E-state index contributed by atoms with van der Waals surface area (Å²) >= 11 is 0. The molecule has 0 heterocycles. The third-order valence-electron chi connectivity index (χ3n) is 3.30. The Hall–Kier alpha value is -1.04. The fourth-order valence-corrected chi connectivity index (χ4v) is 2.15. The molecule has 0 spiro atoms. The molecule has 1 aliphatic carbocycles. The van der Waals surface area contributed by atoms with Gasteiger partial charge in [-0.2, -0.15) is 0 Å². The van der Waals surface area contributed by atoms with Crippen LogP contribution in [-0.4, -0.2) is 0 Å². The summed E-state index contributed by atoms with van der Waals surface area (Å²) in [5.41, 5.74) is 4.39. The van der Waals surface area contributed by atoms with Gasteiger partial charge in [0.2, 0.25) is 0 Å². The quantitative estimate of drug-likeness (QED) is 0.540. The van der Waals surface area contributed by atoms with E-state index >= 15 is 0 Å². The summed E-state index contributed by atoms with van der Waals surface area (Å²) in [5.74, 6) is 0. The second kappa shape index (κ2) is 8.11. The zero-order valence-electron chi connectivity index (χ0n) is 11.6. The molecule has 0 unspecified atom stereocenters. The zero-order valence-corrected chi connectivity index (χ0v) is 11.6. The molecule has 0 heteroatoms. The first-order valence-corrected chi connectivity index (χ1v) is 6.95. The average Bonchev–Trinajstić information content (AvgIpc) is 2.39. The van der Waals surface area contributed by atoms with E-state index in [0.717, 1.165) is 0 Å². The molecule has 0 aliphatic heterocycles. The lowest BCUT2D eigenvalue weighted by Gasteiger charge is -2.08. The van der Waals surface area contributed by atoms with Crippen molar-refractivity contribution in [2.24, 2.45) is 0 Å². The van der Waals surface area contributed by atoms with Gasteiger partial charge in [0.15, 0.2) is 0 Å². The van der Waals surface area contributed by atoms with Gasteiger partial charge in [-0.15, -0.1) is 0 Å².